The lowest BCUT2D eigenvalue weighted by Gasteiger charge is -2.18. The van der Waals surface area contributed by atoms with Crippen molar-refractivity contribution in [2.45, 2.75) is 57.1 Å². The molecular weight excluding hydrogens is 242 g/mol. The second-order valence-electron chi connectivity index (χ2n) is 4.20. The molecule has 1 amide bonds. The molecule has 0 rings (SSSR count). The first kappa shape index (κ1) is 16.1. The van der Waals surface area contributed by atoms with Crippen LogP contribution in [0.2, 0.25) is 0 Å². The third kappa shape index (κ3) is 5.81. The van der Waals surface area contributed by atoms with Crippen molar-refractivity contribution in [2.24, 2.45) is 0 Å². The summed E-state index contributed by atoms with van der Waals surface area (Å²) in [5.41, 5.74) is 0. The van der Waals surface area contributed by atoms with Crippen molar-refractivity contribution in [3.05, 3.63) is 0 Å². The van der Waals surface area contributed by atoms with E-state index in [0.29, 0.717) is 0 Å². The number of hydrogen-bond donors (Lipinski definition) is 2. The van der Waals surface area contributed by atoms with Crippen LogP contribution in [0.5, 0.6) is 0 Å². The SMILES string of the molecule is CCC(C)NC(=O)C(C)S(=O)C(C)CC(=O)O. The van der Waals surface area contributed by atoms with Gasteiger partial charge >= 0.3 is 5.97 Å². The number of aliphatic carboxylic acids is 1. The molecule has 100 valence electrons. The molecule has 0 radical (unpaired) electrons. The molecule has 0 aliphatic carbocycles. The third-order valence-corrected chi connectivity index (χ3v) is 4.45. The first-order valence-electron chi connectivity index (χ1n) is 5.71. The maximum absolute atomic E-state index is 11.9. The number of amides is 1. The van der Waals surface area contributed by atoms with Crippen LogP contribution in [0.15, 0.2) is 0 Å². The molecule has 5 nitrogen and oxygen atoms in total. The van der Waals surface area contributed by atoms with Crippen LogP contribution in [0.1, 0.15) is 40.5 Å². The smallest absolute Gasteiger partial charge is 0.304 e. The molecule has 6 heteroatoms. The molecule has 0 saturated heterocycles. The van der Waals surface area contributed by atoms with Gasteiger partial charge in [-0.3, -0.25) is 13.8 Å². The van der Waals surface area contributed by atoms with Gasteiger partial charge in [0.05, 0.1) is 6.42 Å². The normalized spacial score (nSPS) is 17.9. The molecule has 0 aliphatic rings. The maximum Gasteiger partial charge on any atom is 0.304 e. The van der Waals surface area contributed by atoms with Crippen LogP contribution in [0.4, 0.5) is 0 Å². The molecule has 0 saturated carbocycles. The Morgan fingerprint density at radius 2 is 1.82 bits per heavy atom. The Morgan fingerprint density at radius 1 is 1.29 bits per heavy atom. The summed E-state index contributed by atoms with van der Waals surface area (Å²) < 4.78 is 11.9. The van der Waals surface area contributed by atoms with Crippen molar-refractivity contribution < 1.29 is 18.9 Å². The second kappa shape index (κ2) is 7.42. The predicted octanol–water partition coefficient (Wildman–Crippen LogP) is 0.901. The number of nitrogens with one attached hydrogen (secondary N) is 1. The van der Waals surface area contributed by atoms with E-state index in [4.69, 9.17) is 5.11 Å². The average Bonchev–Trinajstić information content (AvgIpc) is 2.25. The Hall–Kier alpha value is -0.910. The van der Waals surface area contributed by atoms with Gasteiger partial charge < -0.3 is 10.4 Å². The summed E-state index contributed by atoms with van der Waals surface area (Å²) in [6, 6.07) is 0.0386. The van der Waals surface area contributed by atoms with E-state index in [-0.39, 0.29) is 18.4 Å². The topological polar surface area (TPSA) is 83.5 Å². The summed E-state index contributed by atoms with van der Waals surface area (Å²) in [5.74, 6) is -1.28. The van der Waals surface area contributed by atoms with E-state index in [1.807, 2.05) is 13.8 Å². The molecule has 2 N–H and O–H groups in total. The lowest BCUT2D eigenvalue weighted by Crippen LogP contribution is -2.42. The van der Waals surface area contributed by atoms with Gasteiger partial charge in [0.25, 0.3) is 0 Å². The van der Waals surface area contributed by atoms with Crippen LogP contribution < -0.4 is 5.32 Å². The van der Waals surface area contributed by atoms with E-state index >= 15 is 0 Å². The first-order chi connectivity index (χ1) is 7.79. The predicted molar refractivity (Wildman–Crippen MR) is 67.2 cm³/mol. The molecule has 0 aromatic carbocycles. The van der Waals surface area contributed by atoms with Crippen LogP contribution in [0, 0.1) is 0 Å². The molecule has 4 unspecified atom stereocenters. The van der Waals surface area contributed by atoms with E-state index < -0.39 is 27.3 Å². The Labute approximate surface area is 104 Å². The molecule has 0 spiro atoms. The Bertz CT molecular complexity index is 306. The second-order valence-corrected chi connectivity index (χ2v) is 6.37. The standard InChI is InChI=1S/C11H21NO4S/c1-5-7(2)12-11(15)9(4)17(16)8(3)6-10(13)14/h7-9H,5-6H2,1-4H3,(H,12,15)(H,13,14). The van der Waals surface area contributed by atoms with Gasteiger partial charge in [0.15, 0.2) is 0 Å². The Kier molecular flexibility index (Phi) is 7.03. The first-order valence-corrected chi connectivity index (χ1v) is 6.98. The molecule has 0 heterocycles. The van der Waals surface area contributed by atoms with Crippen molar-refractivity contribution in [3.63, 3.8) is 0 Å². The van der Waals surface area contributed by atoms with Gasteiger partial charge in [-0.15, -0.1) is 0 Å². The van der Waals surface area contributed by atoms with Crippen molar-refractivity contribution in [1.82, 2.24) is 5.32 Å². The summed E-state index contributed by atoms with van der Waals surface area (Å²) in [5, 5.41) is 10.1. The summed E-state index contributed by atoms with van der Waals surface area (Å²) in [4.78, 5) is 22.2. The zero-order chi connectivity index (χ0) is 13.6. The van der Waals surface area contributed by atoms with Gasteiger partial charge in [-0.05, 0) is 20.3 Å². The van der Waals surface area contributed by atoms with Gasteiger partial charge in [-0.2, -0.15) is 0 Å². The number of hydrogen-bond acceptors (Lipinski definition) is 3. The maximum atomic E-state index is 11.9. The molecule has 0 bridgehead atoms. The van der Waals surface area contributed by atoms with E-state index in [2.05, 4.69) is 5.32 Å². The van der Waals surface area contributed by atoms with Crippen LogP contribution >= 0.6 is 0 Å². The van der Waals surface area contributed by atoms with Crippen molar-refractivity contribution in [2.75, 3.05) is 0 Å². The molecule has 4 atom stereocenters. The van der Waals surface area contributed by atoms with Gasteiger partial charge in [0, 0.05) is 22.1 Å². The zero-order valence-corrected chi connectivity index (χ0v) is 11.5. The fourth-order valence-corrected chi connectivity index (χ4v) is 2.53. The number of carbonyl (C=O) groups excluding carboxylic acids is 1. The van der Waals surface area contributed by atoms with Crippen LogP contribution in [-0.4, -0.2) is 37.7 Å². The van der Waals surface area contributed by atoms with Crippen molar-refractivity contribution in [1.29, 1.82) is 0 Å². The largest absolute Gasteiger partial charge is 0.481 e. The van der Waals surface area contributed by atoms with Gasteiger partial charge in [-0.25, -0.2) is 0 Å². The van der Waals surface area contributed by atoms with Crippen molar-refractivity contribution in [3.8, 4) is 0 Å². The zero-order valence-electron chi connectivity index (χ0n) is 10.7. The quantitative estimate of drug-likeness (QED) is 0.715. The van der Waals surface area contributed by atoms with E-state index in [0.717, 1.165) is 6.42 Å². The van der Waals surface area contributed by atoms with E-state index in [1.165, 1.54) is 0 Å². The number of rotatable bonds is 7. The van der Waals surface area contributed by atoms with Crippen molar-refractivity contribution >= 4 is 22.7 Å². The van der Waals surface area contributed by atoms with Gasteiger partial charge in [0.2, 0.25) is 5.91 Å². The number of carbonyl (C=O) groups is 2. The minimum absolute atomic E-state index is 0.0386. The molecule has 0 aromatic heterocycles. The summed E-state index contributed by atoms with van der Waals surface area (Å²) in [6.45, 7) is 6.96. The molecule has 0 aromatic rings. The summed E-state index contributed by atoms with van der Waals surface area (Å²) >= 11 is 0. The Balaban J connectivity index is 4.38. The number of carboxylic acid groups (broad SMARTS) is 1. The summed E-state index contributed by atoms with van der Waals surface area (Å²) in [7, 11) is -1.47. The summed E-state index contributed by atoms with van der Waals surface area (Å²) in [6.07, 6.45) is 0.614. The van der Waals surface area contributed by atoms with Crippen LogP contribution in [0.25, 0.3) is 0 Å². The highest BCUT2D eigenvalue weighted by Gasteiger charge is 2.26. The fraction of sp³-hybridized carbons (Fsp3) is 0.818. The lowest BCUT2D eigenvalue weighted by atomic mass is 10.2. The highest BCUT2D eigenvalue weighted by Crippen LogP contribution is 2.08. The van der Waals surface area contributed by atoms with Gasteiger partial charge in [0.1, 0.15) is 5.25 Å². The molecular formula is C11H21NO4S. The fourth-order valence-electron chi connectivity index (χ4n) is 1.24. The highest BCUT2D eigenvalue weighted by molar-refractivity contribution is 7.87. The Morgan fingerprint density at radius 3 is 2.24 bits per heavy atom. The molecule has 0 aliphatic heterocycles. The minimum atomic E-state index is -1.47. The van der Waals surface area contributed by atoms with Gasteiger partial charge in [-0.1, -0.05) is 13.8 Å². The average molecular weight is 263 g/mol. The third-order valence-electron chi connectivity index (χ3n) is 2.58. The minimum Gasteiger partial charge on any atom is -0.481 e. The van der Waals surface area contributed by atoms with Crippen LogP contribution in [0.3, 0.4) is 0 Å². The monoisotopic (exact) mass is 263 g/mol. The van der Waals surface area contributed by atoms with E-state index in [1.54, 1.807) is 13.8 Å². The van der Waals surface area contributed by atoms with E-state index in [9.17, 15) is 13.8 Å². The molecule has 17 heavy (non-hydrogen) atoms. The highest BCUT2D eigenvalue weighted by atomic mass is 32.2. The lowest BCUT2D eigenvalue weighted by molar-refractivity contribution is -0.137. The van der Waals surface area contributed by atoms with Crippen LogP contribution in [-0.2, 0) is 20.4 Å². The number of carboxylic acids is 1. The molecule has 0 fully saturated rings.